The Labute approximate surface area is 184 Å². The number of morpholine rings is 1. The molecule has 8 nitrogen and oxygen atoms in total. The molecule has 1 unspecified atom stereocenters. The molecule has 168 valence electrons. The van der Waals surface area contributed by atoms with E-state index in [0.717, 1.165) is 56.7 Å². The lowest BCUT2D eigenvalue weighted by atomic mass is 10.0. The highest BCUT2D eigenvalue weighted by molar-refractivity contribution is 5.79. The molecule has 8 heteroatoms. The molecule has 1 fully saturated rings. The Bertz CT molecular complexity index is 822. The summed E-state index contributed by atoms with van der Waals surface area (Å²) in [6.45, 7) is 7.35. The van der Waals surface area contributed by atoms with Crippen LogP contribution in [-0.2, 0) is 11.3 Å². The number of benzene rings is 1. The number of methoxy groups -OCH3 is 2. The summed E-state index contributed by atoms with van der Waals surface area (Å²) in [4.78, 5) is 11.4. The molecule has 1 aromatic carbocycles. The number of rotatable bonds is 9. The molecule has 0 saturated carbocycles. The molecule has 31 heavy (non-hydrogen) atoms. The summed E-state index contributed by atoms with van der Waals surface area (Å²) >= 11 is 0. The van der Waals surface area contributed by atoms with Crippen LogP contribution < -0.4 is 20.1 Å². The van der Waals surface area contributed by atoms with Crippen LogP contribution in [0, 0.1) is 0 Å². The molecule has 0 amide bonds. The smallest absolute Gasteiger partial charge is 0.218 e. The zero-order valence-electron chi connectivity index (χ0n) is 18.6. The highest BCUT2D eigenvalue weighted by Crippen LogP contribution is 2.23. The van der Waals surface area contributed by atoms with E-state index < -0.39 is 0 Å². The van der Waals surface area contributed by atoms with Gasteiger partial charge in [-0.25, -0.2) is 9.98 Å². The van der Waals surface area contributed by atoms with Crippen LogP contribution in [0.3, 0.4) is 0 Å². The highest BCUT2D eigenvalue weighted by Gasteiger charge is 2.23. The van der Waals surface area contributed by atoms with Crippen molar-refractivity contribution in [1.82, 2.24) is 20.5 Å². The Morgan fingerprint density at radius 2 is 1.90 bits per heavy atom. The number of hydrogen-bond acceptors (Lipinski definition) is 6. The molecular formula is C23H33N5O3. The second-order valence-electron chi connectivity index (χ2n) is 7.19. The summed E-state index contributed by atoms with van der Waals surface area (Å²) < 4.78 is 16.2. The van der Waals surface area contributed by atoms with Crippen LogP contribution in [-0.4, -0.2) is 69.5 Å². The van der Waals surface area contributed by atoms with Gasteiger partial charge in [-0.15, -0.1) is 0 Å². The molecular weight excluding hydrogens is 394 g/mol. The summed E-state index contributed by atoms with van der Waals surface area (Å²) in [7, 11) is 3.31. The monoisotopic (exact) mass is 427 g/mol. The predicted molar refractivity (Wildman–Crippen MR) is 122 cm³/mol. The van der Waals surface area contributed by atoms with E-state index in [-0.39, 0.29) is 6.04 Å². The van der Waals surface area contributed by atoms with Crippen molar-refractivity contribution in [3.05, 3.63) is 53.7 Å². The lowest BCUT2D eigenvalue weighted by molar-refractivity contribution is 0.0170. The van der Waals surface area contributed by atoms with E-state index >= 15 is 0 Å². The molecule has 1 atom stereocenters. The topological polar surface area (TPSA) is 80.2 Å². The molecule has 1 aliphatic rings. The first kappa shape index (κ1) is 22.8. The Hall–Kier alpha value is -2.84. The fourth-order valence-corrected chi connectivity index (χ4v) is 3.60. The van der Waals surface area contributed by atoms with E-state index in [9.17, 15) is 0 Å². The van der Waals surface area contributed by atoms with Gasteiger partial charge in [0.2, 0.25) is 5.88 Å². The van der Waals surface area contributed by atoms with Crippen molar-refractivity contribution < 1.29 is 14.2 Å². The van der Waals surface area contributed by atoms with E-state index in [2.05, 4.69) is 39.6 Å². The third kappa shape index (κ3) is 6.57. The molecule has 0 spiro atoms. The second kappa shape index (κ2) is 12.1. The molecule has 2 aromatic rings. The first-order valence-electron chi connectivity index (χ1n) is 10.7. The van der Waals surface area contributed by atoms with Gasteiger partial charge in [0.1, 0.15) is 5.75 Å². The number of guanidine groups is 1. The number of ether oxygens (including phenoxy) is 3. The summed E-state index contributed by atoms with van der Waals surface area (Å²) in [6.07, 6.45) is 1.72. The number of aliphatic imine (C=N–C) groups is 1. The van der Waals surface area contributed by atoms with Gasteiger partial charge < -0.3 is 24.8 Å². The number of pyridine rings is 1. The van der Waals surface area contributed by atoms with E-state index in [1.807, 2.05) is 24.3 Å². The SMILES string of the molecule is CCNC(=NCc1cccnc1OC)NCC(c1ccc(OC)cc1)N1CCOCC1. The van der Waals surface area contributed by atoms with Crippen LogP contribution in [0.4, 0.5) is 0 Å². The maximum Gasteiger partial charge on any atom is 0.218 e. The average Bonchev–Trinajstić information content (AvgIpc) is 2.83. The van der Waals surface area contributed by atoms with Gasteiger partial charge in [0.15, 0.2) is 5.96 Å². The lowest BCUT2D eigenvalue weighted by Gasteiger charge is -2.35. The zero-order valence-corrected chi connectivity index (χ0v) is 18.6. The van der Waals surface area contributed by atoms with E-state index in [1.165, 1.54) is 5.56 Å². The van der Waals surface area contributed by atoms with Crippen molar-refractivity contribution in [2.75, 3.05) is 53.6 Å². The van der Waals surface area contributed by atoms with Crippen LogP contribution in [0.1, 0.15) is 24.1 Å². The average molecular weight is 428 g/mol. The minimum Gasteiger partial charge on any atom is -0.497 e. The van der Waals surface area contributed by atoms with Crippen molar-refractivity contribution in [3.8, 4) is 11.6 Å². The molecule has 0 aliphatic carbocycles. The van der Waals surface area contributed by atoms with Crippen molar-refractivity contribution in [2.45, 2.75) is 19.5 Å². The van der Waals surface area contributed by atoms with Crippen LogP contribution >= 0.6 is 0 Å². The standard InChI is InChI=1S/C23H33N5O3/c1-4-24-23(26-16-19-6-5-11-25-22(19)30-3)27-17-21(28-12-14-31-15-13-28)18-7-9-20(29-2)10-8-18/h5-11,21H,4,12-17H2,1-3H3,(H2,24,26,27). The number of aromatic nitrogens is 1. The molecule has 1 aliphatic heterocycles. The summed E-state index contributed by atoms with van der Waals surface area (Å²) in [5.74, 6) is 2.23. The Morgan fingerprint density at radius 3 is 2.58 bits per heavy atom. The van der Waals surface area contributed by atoms with Crippen LogP contribution in [0.2, 0.25) is 0 Å². The predicted octanol–water partition coefficient (Wildman–Crippen LogP) is 2.23. The zero-order chi connectivity index (χ0) is 21.9. The highest BCUT2D eigenvalue weighted by atomic mass is 16.5. The van der Waals surface area contributed by atoms with Crippen LogP contribution in [0.25, 0.3) is 0 Å². The van der Waals surface area contributed by atoms with Crippen molar-refractivity contribution >= 4 is 5.96 Å². The van der Waals surface area contributed by atoms with Gasteiger partial charge >= 0.3 is 0 Å². The fourth-order valence-electron chi connectivity index (χ4n) is 3.60. The third-order valence-electron chi connectivity index (χ3n) is 5.24. The molecule has 0 radical (unpaired) electrons. The minimum absolute atomic E-state index is 0.201. The number of nitrogens with zero attached hydrogens (tertiary/aromatic N) is 3. The number of nitrogens with one attached hydrogen (secondary N) is 2. The van der Waals surface area contributed by atoms with Crippen molar-refractivity contribution in [3.63, 3.8) is 0 Å². The van der Waals surface area contributed by atoms with Gasteiger partial charge in [-0.2, -0.15) is 0 Å². The second-order valence-corrected chi connectivity index (χ2v) is 7.19. The maximum absolute atomic E-state index is 5.56. The van der Waals surface area contributed by atoms with Gasteiger partial charge in [-0.05, 0) is 30.7 Å². The van der Waals surface area contributed by atoms with Crippen LogP contribution in [0.5, 0.6) is 11.6 Å². The van der Waals surface area contributed by atoms with E-state index in [0.29, 0.717) is 12.4 Å². The quantitative estimate of drug-likeness (QED) is 0.469. The van der Waals surface area contributed by atoms with Crippen LogP contribution in [0.15, 0.2) is 47.6 Å². The fraction of sp³-hybridized carbons (Fsp3) is 0.478. The molecule has 3 rings (SSSR count). The molecule has 1 saturated heterocycles. The molecule has 1 aromatic heterocycles. The largest absolute Gasteiger partial charge is 0.497 e. The summed E-state index contributed by atoms with van der Waals surface area (Å²) in [5.41, 5.74) is 2.18. The van der Waals surface area contributed by atoms with E-state index in [1.54, 1.807) is 20.4 Å². The molecule has 0 bridgehead atoms. The van der Waals surface area contributed by atoms with Gasteiger partial charge in [0.25, 0.3) is 0 Å². The Morgan fingerprint density at radius 1 is 1.13 bits per heavy atom. The minimum atomic E-state index is 0.201. The first-order chi connectivity index (χ1) is 15.2. The lowest BCUT2D eigenvalue weighted by Crippen LogP contribution is -2.46. The summed E-state index contributed by atoms with van der Waals surface area (Å²) in [6, 6.07) is 12.4. The summed E-state index contributed by atoms with van der Waals surface area (Å²) in [5, 5.41) is 6.85. The Kier molecular flexibility index (Phi) is 8.93. The maximum atomic E-state index is 5.56. The first-order valence-corrected chi connectivity index (χ1v) is 10.7. The van der Waals surface area contributed by atoms with Crippen molar-refractivity contribution in [2.24, 2.45) is 4.99 Å². The van der Waals surface area contributed by atoms with Gasteiger partial charge in [0.05, 0.1) is 40.0 Å². The van der Waals surface area contributed by atoms with Gasteiger partial charge in [-0.1, -0.05) is 18.2 Å². The van der Waals surface area contributed by atoms with Gasteiger partial charge in [0, 0.05) is 37.9 Å². The van der Waals surface area contributed by atoms with Crippen molar-refractivity contribution in [1.29, 1.82) is 0 Å². The third-order valence-corrected chi connectivity index (χ3v) is 5.24. The van der Waals surface area contributed by atoms with E-state index in [4.69, 9.17) is 19.2 Å². The molecule has 2 heterocycles. The normalized spacial score (nSPS) is 15.9. The Balaban J connectivity index is 1.73. The molecule has 2 N–H and O–H groups in total. The van der Waals surface area contributed by atoms with Gasteiger partial charge in [-0.3, -0.25) is 4.90 Å². The number of hydrogen-bond donors (Lipinski definition) is 2.